The van der Waals surface area contributed by atoms with E-state index in [1.54, 1.807) is 12.1 Å². The van der Waals surface area contributed by atoms with Crippen LogP contribution in [0, 0.1) is 6.92 Å². The molecule has 0 saturated carbocycles. The van der Waals surface area contributed by atoms with Gasteiger partial charge in [0.05, 0.1) is 0 Å². The molecule has 0 radical (unpaired) electrons. The van der Waals surface area contributed by atoms with Gasteiger partial charge in [-0.1, -0.05) is 17.7 Å². The van der Waals surface area contributed by atoms with Gasteiger partial charge in [0.15, 0.2) is 11.3 Å². The third kappa shape index (κ3) is 2.40. The number of H-pyrrole nitrogens is 1. The highest BCUT2D eigenvalue weighted by Gasteiger charge is 2.19. The van der Waals surface area contributed by atoms with Crippen LogP contribution in [-0.4, -0.2) is 23.0 Å². The van der Waals surface area contributed by atoms with Crippen LogP contribution in [0.25, 0.3) is 5.52 Å². The molecule has 1 aromatic carbocycles. The number of hydrogen-bond acceptors (Lipinski definition) is 5. The van der Waals surface area contributed by atoms with Gasteiger partial charge >= 0.3 is 10.1 Å². The minimum Gasteiger partial charge on any atom is -0.376 e. The Bertz CT molecular complexity index is 955. The lowest BCUT2D eigenvalue weighted by Gasteiger charge is -2.06. The molecule has 21 heavy (non-hydrogen) atoms. The summed E-state index contributed by atoms with van der Waals surface area (Å²) in [4.78, 5) is 14.1. The summed E-state index contributed by atoms with van der Waals surface area (Å²) in [5, 5.41) is 3.86. The van der Waals surface area contributed by atoms with Crippen molar-refractivity contribution < 1.29 is 12.6 Å². The van der Waals surface area contributed by atoms with Crippen LogP contribution < -0.4 is 9.74 Å². The van der Waals surface area contributed by atoms with Crippen molar-refractivity contribution in [2.24, 2.45) is 0 Å². The van der Waals surface area contributed by atoms with E-state index >= 15 is 0 Å². The zero-order chi connectivity index (χ0) is 15.0. The summed E-state index contributed by atoms with van der Waals surface area (Å²) in [6.45, 7) is 1.85. The van der Waals surface area contributed by atoms with Gasteiger partial charge in [0, 0.05) is 12.3 Å². The first-order valence-electron chi connectivity index (χ1n) is 6.03. The van der Waals surface area contributed by atoms with Crippen molar-refractivity contribution in [2.75, 3.05) is 0 Å². The standard InChI is InChI=1S/C13H11N3O4S/c1-9-2-4-10(5-3-9)21(18,19)20-11-6-7-16-12(11)13(17)14-8-15-16/h2-8H,1H3,(H,14,15,17). The highest BCUT2D eigenvalue weighted by molar-refractivity contribution is 7.87. The van der Waals surface area contributed by atoms with E-state index in [9.17, 15) is 13.2 Å². The van der Waals surface area contributed by atoms with Crippen molar-refractivity contribution in [3.8, 4) is 5.75 Å². The maximum absolute atomic E-state index is 12.2. The molecular weight excluding hydrogens is 294 g/mol. The first-order valence-corrected chi connectivity index (χ1v) is 7.44. The number of rotatable bonds is 3. The molecule has 0 bridgehead atoms. The third-order valence-corrected chi connectivity index (χ3v) is 4.18. The van der Waals surface area contributed by atoms with Gasteiger partial charge in [0.2, 0.25) is 0 Å². The SMILES string of the molecule is Cc1ccc(S(=O)(=O)Oc2ccn3nc[nH]c(=O)c23)cc1. The van der Waals surface area contributed by atoms with Crippen LogP contribution in [0.3, 0.4) is 0 Å². The molecule has 8 heteroatoms. The first-order chi connectivity index (χ1) is 9.97. The van der Waals surface area contributed by atoms with Gasteiger partial charge in [-0.25, -0.2) is 4.52 Å². The van der Waals surface area contributed by atoms with Gasteiger partial charge in [0.25, 0.3) is 5.56 Å². The molecule has 7 nitrogen and oxygen atoms in total. The van der Waals surface area contributed by atoms with Crippen molar-refractivity contribution >= 4 is 15.6 Å². The molecule has 3 aromatic rings. The molecule has 0 aliphatic carbocycles. The molecule has 2 aromatic heterocycles. The molecule has 0 aliphatic rings. The van der Waals surface area contributed by atoms with Crippen LogP contribution in [0.15, 0.2) is 52.5 Å². The molecular formula is C13H11N3O4S. The van der Waals surface area contributed by atoms with Crippen LogP contribution in [0.2, 0.25) is 0 Å². The normalized spacial score (nSPS) is 11.7. The lowest BCUT2D eigenvalue weighted by Crippen LogP contribution is -2.14. The summed E-state index contributed by atoms with van der Waals surface area (Å²) in [6, 6.07) is 7.62. The highest BCUT2D eigenvalue weighted by Crippen LogP contribution is 2.22. The van der Waals surface area contributed by atoms with Gasteiger partial charge in [-0.3, -0.25) is 4.79 Å². The number of aromatic nitrogens is 3. The molecule has 2 heterocycles. The molecule has 0 fully saturated rings. The maximum Gasteiger partial charge on any atom is 0.339 e. The Morgan fingerprint density at radius 1 is 1.19 bits per heavy atom. The van der Waals surface area contributed by atoms with Gasteiger partial charge in [-0.2, -0.15) is 13.5 Å². The average Bonchev–Trinajstić information content (AvgIpc) is 2.83. The first kappa shape index (κ1) is 13.4. The van der Waals surface area contributed by atoms with Gasteiger partial charge < -0.3 is 9.17 Å². The van der Waals surface area contributed by atoms with Crippen molar-refractivity contribution in [3.63, 3.8) is 0 Å². The summed E-state index contributed by atoms with van der Waals surface area (Å²) in [5.41, 5.74) is 0.487. The van der Waals surface area contributed by atoms with Crippen LogP contribution >= 0.6 is 0 Å². The van der Waals surface area contributed by atoms with E-state index in [4.69, 9.17) is 4.18 Å². The van der Waals surface area contributed by atoms with E-state index in [0.29, 0.717) is 0 Å². The fourth-order valence-corrected chi connectivity index (χ4v) is 2.81. The topological polar surface area (TPSA) is 93.5 Å². The Labute approximate surface area is 119 Å². The van der Waals surface area contributed by atoms with E-state index in [1.807, 2.05) is 6.92 Å². The van der Waals surface area contributed by atoms with Crippen LogP contribution in [0.1, 0.15) is 5.56 Å². The number of aromatic amines is 1. The van der Waals surface area contributed by atoms with E-state index in [1.165, 1.54) is 35.2 Å². The third-order valence-electron chi connectivity index (χ3n) is 2.93. The van der Waals surface area contributed by atoms with Crippen LogP contribution in [0.4, 0.5) is 0 Å². The Balaban J connectivity index is 2.05. The van der Waals surface area contributed by atoms with Crippen LogP contribution in [-0.2, 0) is 10.1 Å². The summed E-state index contributed by atoms with van der Waals surface area (Å²) >= 11 is 0. The second-order valence-electron chi connectivity index (χ2n) is 4.44. The Hall–Kier alpha value is -2.61. The Kier molecular flexibility index (Phi) is 3.02. The minimum absolute atomic E-state index is 0.0211. The predicted molar refractivity (Wildman–Crippen MR) is 74.8 cm³/mol. The van der Waals surface area contributed by atoms with Gasteiger partial charge in [-0.15, -0.1) is 0 Å². The van der Waals surface area contributed by atoms with E-state index in [-0.39, 0.29) is 16.2 Å². The zero-order valence-electron chi connectivity index (χ0n) is 11.0. The number of hydrogen-bond donors (Lipinski definition) is 1. The Morgan fingerprint density at radius 3 is 2.62 bits per heavy atom. The van der Waals surface area contributed by atoms with E-state index < -0.39 is 15.7 Å². The van der Waals surface area contributed by atoms with Crippen LogP contribution in [0.5, 0.6) is 5.75 Å². The number of benzene rings is 1. The molecule has 108 valence electrons. The average molecular weight is 305 g/mol. The fourth-order valence-electron chi connectivity index (χ4n) is 1.87. The molecule has 0 atom stereocenters. The lowest BCUT2D eigenvalue weighted by molar-refractivity contribution is 0.488. The Morgan fingerprint density at radius 2 is 1.90 bits per heavy atom. The number of nitrogens with zero attached hydrogens (tertiary/aromatic N) is 2. The molecule has 0 spiro atoms. The summed E-state index contributed by atoms with van der Waals surface area (Å²) in [6.07, 6.45) is 2.66. The summed E-state index contributed by atoms with van der Waals surface area (Å²) < 4.78 is 30.7. The second-order valence-corrected chi connectivity index (χ2v) is 5.99. The number of fused-ring (bicyclic) bond motifs is 1. The minimum atomic E-state index is -4.00. The molecule has 1 N–H and O–H groups in total. The highest BCUT2D eigenvalue weighted by atomic mass is 32.2. The lowest BCUT2D eigenvalue weighted by atomic mass is 10.2. The summed E-state index contributed by atoms with van der Waals surface area (Å²) in [5.74, 6) is -0.0649. The quantitative estimate of drug-likeness (QED) is 0.731. The van der Waals surface area contributed by atoms with Crippen molar-refractivity contribution in [3.05, 3.63) is 58.8 Å². The van der Waals surface area contributed by atoms with Crippen molar-refractivity contribution in [1.82, 2.24) is 14.6 Å². The fraction of sp³-hybridized carbons (Fsp3) is 0.0769. The maximum atomic E-state index is 12.2. The number of aryl methyl sites for hydroxylation is 1. The largest absolute Gasteiger partial charge is 0.376 e. The molecule has 3 rings (SSSR count). The molecule has 0 aliphatic heterocycles. The summed E-state index contributed by atoms with van der Waals surface area (Å²) in [7, 11) is -4.00. The zero-order valence-corrected chi connectivity index (χ0v) is 11.8. The second kappa shape index (κ2) is 4.74. The number of nitrogens with one attached hydrogen (secondary N) is 1. The predicted octanol–water partition coefficient (Wildman–Crippen LogP) is 1.10. The van der Waals surface area contributed by atoms with Crippen molar-refractivity contribution in [2.45, 2.75) is 11.8 Å². The van der Waals surface area contributed by atoms with Gasteiger partial charge in [-0.05, 0) is 19.1 Å². The molecule has 0 amide bonds. The molecule has 0 unspecified atom stereocenters. The monoisotopic (exact) mass is 305 g/mol. The van der Waals surface area contributed by atoms with E-state index in [0.717, 1.165) is 5.56 Å². The van der Waals surface area contributed by atoms with Crippen molar-refractivity contribution in [1.29, 1.82) is 0 Å². The smallest absolute Gasteiger partial charge is 0.339 e. The van der Waals surface area contributed by atoms with Gasteiger partial charge in [0.1, 0.15) is 11.2 Å². The van der Waals surface area contributed by atoms with E-state index in [2.05, 4.69) is 10.1 Å². The molecule has 0 saturated heterocycles.